The molecule has 1 atom stereocenters. The van der Waals surface area contributed by atoms with Crippen molar-refractivity contribution in [1.82, 2.24) is 10.6 Å². The molecule has 1 aliphatic rings. The zero-order valence-corrected chi connectivity index (χ0v) is 11.8. The Hall–Kier alpha value is -1.55. The minimum atomic E-state index is -0.175. The van der Waals surface area contributed by atoms with E-state index in [2.05, 4.69) is 31.4 Å². The molecule has 4 heteroatoms. The standard InChI is InChI=1S/C15H22N2O2/c1-15(2,3)17-9-8-16-14(18)12-10-19-13-7-5-4-6-11(12)13/h4-7,12,17H,8-10H2,1-3H3,(H,16,18). The van der Waals surface area contributed by atoms with Crippen LogP contribution in [0.2, 0.25) is 0 Å². The summed E-state index contributed by atoms with van der Waals surface area (Å²) in [6.07, 6.45) is 0. The van der Waals surface area contributed by atoms with Crippen molar-refractivity contribution in [1.29, 1.82) is 0 Å². The number of hydrogen-bond donors (Lipinski definition) is 2. The first kappa shape index (κ1) is 13.9. The van der Waals surface area contributed by atoms with Gasteiger partial charge in [0.2, 0.25) is 5.91 Å². The van der Waals surface area contributed by atoms with E-state index in [1.807, 2.05) is 24.3 Å². The monoisotopic (exact) mass is 262 g/mol. The second kappa shape index (κ2) is 5.61. The summed E-state index contributed by atoms with van der Waals surface area (Å²) in [7, 11) is 0. The maximum Gasteiger partial charge on any atom is 0.231 e. The van der Waals surface area contributed by atoms with Crippen molar-refractivity contribution in [2.24, 2.45) is 0 Å². The normalized spacial score (nSPS) is 17.7. The largest absolute Gasteiger partial charge is 0.492 e. The molecule has 1 amide bonds. The number of nitrogens with one attached hydrogen (secondary N) is 2. The van der Waals surface area contributed by atoms with Crippen LogP contribution >= 0.6 is 0 Å². The summed E-state index contributed by atoms with van der Waals surface area (Å²) < 4.78 is 5.52. The summed E-state index contributed by atoms with van der Waals surface area (Å²) in [6, 6.07) is 7.73. The summed E-state index contributed by atoms with van der Waals surface area (Å²) in [6.45, 7) is 8.17. The van der Waals surface area contributed by atoms with Gasteiger partial charge in [0.05, 0.1) is 0 Å². The third kappa shape index (κ3) is 3.70. The van der Waals surface area contributed by atoms with Gasteiger partial charge in [-0.05, 0) is 26.8 Å². The van der Waals surface area contributed by atoms with Gasteiger partial charge >= 0.3 is 0 Å². The molecule has 19 heavy (non-hydrogen) atoms. The topological polar surface area (TPSA) is 50.4 Å². The molecule has 1 heterocycles. The van der Waals surface area contributed by atoms with Crippen LogP contribution in [-0.4, -0.2) is 31.1 Å². The predicted octanol–water partition coefficient (Wildman–Crippen LogP) is 1.67. The van der Waals surface area contributed by atoms with E-state index in [0.717, 1.165) is 17.9 Å². The number of carbonyl (C=O) groups excluding carboxylic acids is 1. The van der Waals surface area contributed by atoms with E-state index in [9.17, 15) is 4.79 Å². The SMILES string of the molecule is CC(C)(C)NCCNC(=O)C1COc2ccccc21. The van der Waals surface area contributed by atoms with Gasteiger partial charge in [-0.25, -0.2) is 0 Å². The van der Waals surface area contributed by atoms with E-state index in [4.69, 9.17) is 4.74 Å². The van der Waals surface area contributed by atoms with Gasteiger partial charge in [0.1, 0.15) is 18.3 Å². The molecular formula is C15H22N2O2. The average molecular weight is 262 g/mol. The number of carbonyl (C=O) groups is 1. The fourth-order valence-electron chi connectivity index (χ4n) is 2.13. The van der Waals surface area contributed by atoms with Gasteiger partial charge in [-0.15, -0.1) is 0 Å². The fourth-order valence-corrected chi connectivity index (χ4v) is 2.13. The van der Waals surface area contributed by atoms with Crippen molar-refractivity contribution in [3.8, 4) is 5.75 Å². The summed E-state index contributed by atoms with van der Waals surface area (Å²) in [5.74, 6) is 0.696. The number of rotatable bonds is 4. The van der Waals surface area contributed by atoms with E-state index < -0.39 is 0 Å². The van der Waals surface area contributed by atoms with Crippen LogP contribution in [0.25, 0.3) is 0 Å². The van der Waals surface area contributed by atoms with Crippen molar-refractivity contribution in [2.75, 3.05) is 19.7 Å². The average Bonchev–Trinajstić information content (AvgIpc) is 2.77. The summed E-state index contributed by atoms with van der Waals surface area (Å²) in [5.41, 5.74) is 1.07. The van der Waals surface area contributed by atoms with Crippen molar-refractivity contribution in [2.45, 2.75) is 32.2 Å². The van der Waals surface area contributed by atoms with Gasteiger partial charge in [-0.2, -0.15) is 0 Å². The zero-order valence-electron chi connectivity index (χ0n) is 11.8. The highest BCUT2D eigenvalue weighted by Crippen LogP contribution is 2.33. The first-order valence-corrected chi connectivity index (χ1v) is 6.72. The van der Waals surface area contributed by atoms with Crippen molar-refractivity contribution in [3.05, 3.63) is 29.8 Å². The quantitative estimate of drug-likeness (QED) is 0.812. The third-order valence-electron chi connectivity index (χ3n) is 3.10. The van der Waals surface area contributed by atoms with Gasteiger partial charge in [0.25, 0.3) is 0 Å². The first-order valence-electron chi connectivity index (χ1n) is 6.72. The molecule has 1 aromatic carbocycles. The smallest absolute Gasteiger partial charge is 0.231 e. The van der Waals surface area contributed by atoms with E-state index >= 15 is 0 Å². The highest BCUT2D eigenvalue weighted by Gasteiger charge is 2.29. The highest BCUT2D eigenvalue weighted by atomic mass is 16.5. The van der Waals surface area contributed by atoms with E-state index in [1.165, 1.54) is 0 Å². The number of amides is 1. The molecule has 104 valence electrons. The van der Waals surface area contributed by atoms with Crippen LogP contribution < -0.4 is 15.4 Å². The minimum Gasteiger partial charge on any atom is -0.492 e. The van der Waals surface area contributed by atoms with Crippen LogP contribution in [0.3, 0.4) is 0 Å². The number of para-hydroxylation sites is 1. The Morgan fingerprint density at radius 3 is 2.79 bits per heavy atom. The molecule has 0 saturated carbocycles. The molecule has 1 aromatic rings. The Morgan fingerprint density at radius 1 is 1.32 bits per heavy atom. The Bertz CT molecular complexity index is 452. The molecule has 0 bridgehead atoms. The van der Waals surface area contributed by atoms with Gasteiger partial charge in [0, 0.05) is 24.2 Å². The lowest BCUT2D eigenvalue weighted by Gasteiger charge is -2.20. The number of ether oxygens (including phenoxy) is 1. The summed E-state index contributed by atoms with van der Waals surface area (Å²) in [5, 5.41) is 6.30. The second-order valence-corrected chi connectivity index (χ2v) is 5.87. The molecular weight excluding hydrogens is 240 g/mol. The van der Waals surface area contributed by atoms with Crippen molar-refractivity contribution in [3.63, 3.8) is 0 Å². The van der Waals surface area contributed by atoms with Crippen LogP contribution in [0.1, 0.15) is 32.3 Å². The van der Waals surface area contributed by atoms with Crippen molar-refractivity contribution < 1.29 is 9.53 Å². The minimum absolute atomic E-state index is 0.0423. The summed E-state index contributed by atoms with van der Waals surface area (Å²) >= 11 is 0. The van der Waals surface area contributed by atoms with Gasteiger partial charge < -0.3 is 15.4 Å². The highest BCUT2D eigenvalue weighted by molar-refractivity contribution is 5.85. The van der Waals surface area contributed by atoms with E-state index in [-0.39, 0.29) is 17.4 Å². The lowest BCUT2D eigenvalue weighted by atomic mass is 10.0. The molecule has 0 aromatic heterocycles. The van der Waals surface area contributed by atoms with Crippen LogP contribution in [0.15, 0.2) is 24.3 Å². The zero-order chi connectivity index (χ0) is 13.9. The molecule has 1 aliphatic heterocycles. The molecule has 2 N–H and O–H groups in total. The molecule has 0 fully saturated rings. The second-order valence-electron chi connectivity index (χ2n) is 5.87. The predicted molar refractivity (Wildman–Crippen MR) is 75.4 cm³/mol. The number of benzene rings is 1. The van der Waals surface area contributed by atoms with Crippen LogP contribution in [0.4, 0.5) is 0 Å². The van der Waals surface area contributed by atoms with Gasteiger partial charge in [0.15, 0.2) is 0 Å². The van der Waals surface area contributed by atoms with Gasteiger partial charge in [-0.1, -0.05) is 18.2 Å². The van der Waals surface area contributed by atoms with Crippen molar-refractivity contribution >= 4 is 5.91 Å². The van der Waals surface area contributed by atoms with E-state index in [0.29, 0.717) is 13.2 Å². The third-order valence-corrected chi connectivity index (χ3v) is 3.10. The number of fused-ring (bicyclic) bond motifs is 1. The van der Waals surface area contributed by atoms with Crippen LogP contribution in [-0.2, 0) is 4.79 Å². The molecule has 0 spiro atoms. The first-order chi connectivity index (χ1) is 8.97. The fraction of sp³-hybridized carbons (Fsp3) is 0.533. The molecule has 1 unspecified atom stereocenters. The maximum absolute atomic E-state index is 12.1. The Balaban J connectivity index is 1.82. The lowest BCUT2D eigenvalue weighted by Crippen LogP contribution is -2.42. The Kier molecular flexibility index (Phi) is 4.10. The molecule has 4 nitrogen and oxygen atoms in total. The lowest BCUT2D eigenvalue weighted by molar-refractivity contribution is -0.122. The maximum atomic E-state index is 12.1. The molecule has 0 saturated heterocycles. The summed E-state index contributed by atoms with van der Waals surface area (Å²) in [4.78, 5) is 12.1. The Labute approximate surface area is 114 Å². The Morgan fingerprint density at radius 2 is 2.05 bits per heavy atom. The van der Waals surface area contributed by atoms with Crippen LogP contribution in [0, 0.1) is 0 Å². The van der Waals surface area contributed by atoms with Crippen LogP contribution in [0.5, 0.6) is 5.75 Å². The van der Waals surface area contributed by atoms with Gasteiger partial charge in [-0.3, -0.25) is 4.79 Å². The van der Waals surface area contributed by atoms with E-state index in [1.54, 1.807) is 0 Å². The number of hydrogen-bond acceptors (Lipinski definition) is 3. The molecule has 2 rings (SSSR count). The molecule has 0 aliphatic carbocycles. The molecule has 0 radical (unpaired) electrons.